The van der Waals surface area contributed by atoms with Gasteiger partial charge in [0.1, 0.15) is 0 Å². The first-order chi connectivity index (χ1) is 1.73. The van der Waals surface area contributed by atoms with E-state index in [4.69, 9.17) is 13.3 Å². The zero-order valence-corrected chi connectivity index (χ0v) is 3.53. The Morgan fingerprint density at radius 3 is 1.60 bits per heavy atom. The topological polar surface area (TPSA) is 57.5 Å². The first-order valence-corrected chi connectivity index (χ1v) is 1.60. The molecule has 0 unspecified atom stereocenters. The predicted octanol–water partition coefficient (Wildman–Crippen LogP) is -3.20. The van der Waals surface area contributed by atoms with Crippen molar-refractivity contribution in [2.45, 2.75) is 0 Å². The summed E-state index contributed by atoms with van der Waals surface area (Å²) in [6.45, 7) is 0. The molecule has 0 amide bonds. The van der Waals surface area contributed by atoms with Gasteiger partial charge in [0.25, 0.3) is 11.4 Å². The average Bonchev–Trinajstić information content (AvgIpc) is 0.811. The number of rotatable bonds is 0. The van der Waals surface area contributed by atoms with Crippen molar-refractivity contribution in [3.63, 3.8) is 0 Å². The van der Waals surface area contributed by atoms with E-state index in [1.165, 1.54) is 0 Å². The molecular weight excluding hydrogens is 87.0 g/mol. The molecule has 0 aliphatic carbocycles. The minimum Gasteiger partial charge on any atom is -1.00 e. The molecule has 0 saturated heterocycles. The van der Waals surface area contributed by atoms with Crippen molar-refractivity contribution in [2.75, 3.05) is 0 Å². The van der Waals surface area contributed by atoms with Gasteiger partial charge in [-0.05, 0) is 0 Å². The minimum absolute atomic E-state index is 0. The van der Waals surface area contributed by atoms with E-state index in [1.54, 1.807) is 0 Å². The maximum atomic E-state index is 8.67. The molecule has 0 bridgehead atoms. The molecule has 0 heterocycles. The molecule has 2 N–H and O–H groups in total. The Labute approximate surface area is 45.5 Å². The third-order valence-corrected chi connectivity index (χ3v) is 0. The van der Waals surface area contributed by atoms with Crippen molar-refractivity contribution in [2.24, 2.45) is 0 Å². The monoisotopic (exact) mass is 90.0 g/mol. The zero-order valence-electron chi connectivity index (χ0n) is 3.71. The van der Waals surface area contributed by atoms with E-state index in [9.17, 15) is 0 Å². The van der Waals surface area contributed by atoms with Crippen LogP contribution in [0.15, 0.2) is 0 Å². The molecule has 3 nitrogen and oxygen atoms in total. The van der Waals surface area contributed by atoms with Crippen LogP contribution >= 0.6 is 0 Å². The van der Waals surface area contributed by atoms with Crippen LogP contribution in [0.5, 0.6) is 0 Å². The molecule has 0 aromatic carbocycles. The van der Waals surface area contributed by atoms with Crippen LogP contribution in [0.1, 0.15) is 1.43 Å². The van der Waals surface area contributed by atoms with Crippen molar-refractivity contribution >= 4 is 11.4 Å². The van der Waals surface area contributed by atoms with Crippen LogP contribution < -0.4 is 18.9 Å². The molecule has 0 atom stereocenters. The average molecular weight is 90.0 g/mol. The van der Waals surface area contributed by atoms with Gasteiger partial charge in [0.05, 0.1) is 0 Å². The van der Waals surface area contributed by atoms with Crippen LogP contribution in [0.4, 0.5) is 0 Å². The van der Waals surface area contributed by atoms with Crippen LogP contribution in [0.3, 0.4) is 0 Å². The maximum Gasteiger partial charge on any atom is 1.00 e. The van der Waals surface area contributed by atoms with E-state index in [1.807, 2.05) is 0 Å². The van der Waals surface area contributed by atoms with Gasteiger partial charge in [0, 0.05) is 0 Å². The summed E-state index contributed by atoms with van der Waals surface area (Å²) >= 11 is -2.61. The van der Waals surface area contributed by atoms with Gasteiger partial charge in [-0.1, -0.05) is 0 Å². The van der Waals surface area contributed by atoms with Crippen molar-refractivity contribution in [3.8, 4) is 0 Å². The summed E-state index contributed by atoms with van der Waals surface area (Å²) in [6.07, 6.45) is 0. The molecule has 0 fully saturated rings. The van der Waals surface area contributed by atoms with Crippen LogP contribution in [-0.4, -0.2) is 13.3 Å². The fraction of sp³-hybridized carbons (Fsp3) is 0. The molecule has 0 radical (unpaired) electrons. The van der Waals surface area contributed by atoms with Crippen LogP contribution in [0.2, 0.25) is 0 Å². The van der Waals surface area contributed by atoms with Crippen molar-refractivity contribution < 1.29 is 33.6 Å². The van der Waals surface area contributed by atoms with E-state index in [-0.39, 0.29) is 20.3 Å². The Hall–Kier alpha value is 0.667. The van der Waals surface area contributed by atoms with Crippen molar-refractivity contribution in [1.29, 1.82) is 0 Å². The summed E-state index contributed by atoms with van der Waals surface area (Å²) in [5.41, 5.74) is 0. The van der Waals surface area contributed by atoms with Gasteiger partial charge in [0.2, 0.25) is 0 Å². The molecule has 0 rings (SSSR count). The van der Waals surface area contributed by atoms with Gasteiger partial charge in [-0.3, -0.25) is 9.11 Å². The van der Waals surface area contributed by atoms with E-state index in [0.29, 0.717) is 0 Å². The molecular formula is H3LiO3S. The van der Waals surface area contributed by atoms with E-state index in [0.717, 1.165) is 0 Å². The summed E-state index contributed by atoms with van der Waals surface area (Å²) in [5.74, 6) is 0. The maximum absolute atomic E-state index is 8.67. The summed E-state index contributed by atoms with van der Waals surface area (Å²) < 4.78 is 22.8. The normalized spacial score (nSPS) is 7.00. The largest absolute Gasteiger partial charge is 1.00 e. The Morgan fingerprint density at radius 1 is 1.60 bits per heavy atom. The Morgan fingerprint density at radius 2 is 1.60 bits per heavy atom. The van der Waals surface area contributed by atoms with Crippen LogP contribution in [-0.2, 0) is 11.4 Å². The van der Waals surface area contributed by atoms with Crippen LogP contribution in [0, 0.1) is 0 Å². The second kappa shape index (κ2) is 4.67. The fourth-order valence-corrected chi connectivity index (χ4v) is 0. The minimum atomic E-state index is -2.61. The molecule has 0 saturated carbocycles. The molecule has 5 heavy (non-hydrogen) atoms. The van der Waals surface area contributed by atoms with Gasteiger partial charge in [-0.25, -0.2) is 0 Å². The second-order valence-electron chi connectivity index (χ2n) is 0.231. The first kappa shape index (κ1) is 9.18. The zero-order chi connectivity index (χ0) is 3.58. The summed E-state index contributed by atoms with van der Waals surface area (Å²) in [4.78, 5) is 0. The van der Waals surface area contributed by atoms with Gasteiger partial charge in [0.15, 0.2) is 0 Å². The summed E-state index contributed by atoms with van der Waals surface area (Å²) in [5, 5.41) is 0. The predicted molar refractivity (Wildman–Crippen MR) is 14.5 cm³/mol. The van der Waals surface area contributed by atoms with E-state index >= 15 is 0 Å². The summed E-state index contributed by atoms with van der Waals surface area (Å²) in [6, 6.07) is 0. The third kappa shape index (κ3) is 74.6. The Bertz CT molecular complexity index is 33.8. The van der Waals surface area contributed by atoms with E-state index in [2.05, 4.69) is 0 Å². The Kier molecular flexibility index (Phi) is 8.57. The molecule has 0 aromatic rings. The van der Waals surface area contributed by atoms with Crippen molar-refractivity contribution in [3.05, 3.63) is 0 Å². The molecule has 0 aliphatic heterocycles. The quantitative estimate of drug-likeness (QED) is 0.243. The fourth-order valence-electron chi connectivity index (χ4n) is 0. The molecule has 5 heteroatoms. The first-order valence-electron chi connectivity index (χ1n) is 0.532. The SMILES string of the molecule is O=S(O)O.[H-].[Li+]. The van der Waals surface area contributed by atoms with Gasteiger partial charge in [-0.2, -0.15) is 4.21 Å². The molecule has 0 aromatic heterocycles. The molecule has 0 spiro atoms. The number of hydrogen-bond donors (Lipinski definition) is 2. The van der Waals surface area contributed by atoms with Crippen LogP contribution in [0.25, 0.3) is 0 Å². The summed E-state index contributed by atoms with van der Waals surface area (Å²) in [7, 11) is 0. The van der Waals surface area contributed by atoms with E-state index < -0.39 is 11.4 Å². The van der Waals surface area contributed by atoms with Gasteiger partial charge < -0.3 is 1.43 Å². The Balaban J connectivity index is -0.0000000450. The standard InChI is InChI=1S/Li.H2O3S.H/c;1-4(2)3;/h;(H2,1,2,3);/q+1;;-1. The second-order valence-corrected chi connectivity index (χ2v) is 0.692. The van der Waals surface area contributed by atoms with Gasteiger partial charge in [-0.15, -0.1) is 0 Å². The van der Waals surface area contributed by atoms with Gasteiger partial charge >= 0.3 is 18.9 Å². The molecule has 28 valence electrons. The number of hydrogen-bond acceptors (Lipinski definition) is 1. The third-order valence-electron chi connectivity index (χ3n) is 0. The smallest absolute Gasteiger partial charge is 1.00 e. The molecule has 0 aliphatic rings. The van der Waals surface area contributed by atoms with Crippen molar-refractivity contribution in [1.82, 2.24) is 0 Å².